The van der Waals surface area contributed by atoms with Gasteiger partial charge in [0.1, 0.15) is 11.8 Å². The summed E-state index contributed by atoms with van der Waals surface area (Å²) in [7, 11) is 0. The van der Waals surface area contributed by atoms with Gasteiger partial charge in [-0.3, -0.25) is 9.59 Å². The third-order valence-electron chi connectivity index (χ3n) is 4.36. The predicted octanol–water partition coefficient (Wildman–Crippen LogP) is 5.36. The highest BCUT2D eigenvalue weighted by molar-refractivity contribution is 6.35. The summed E-state index contributed by atoms with van der Waals surface area (Å²) in [6.45, 7) is 5.50. The molecule has 0 saturated heterocycles. The van der Waals surface area contributed by atoms with Crippen LogP contribution in [0.4, 0.5) is 0 Å². The number of nitrogens with zero attached hydrogens (tertiary/aromatic N) is 1. The number of ether oxygens (including phenoxy) is 1. The van der Waals surface area contributed by atoms with E-state index in [1.54, 1.807) is 18.2 Å². The second-order valence-corrected chi connectivity index (χ2v) is 8.31. The van der Waals surface area contributed by atoms with E-state index >= 15 is 0 Å². The highest BCUT2D eigenvalue weighted by atomic mass is 35.5. The van der Waals surface area contributed by atoms with Gasteiger partial charge in [-0.2, -0.15) is 0 Å². The van der Waals surface area contributed by atoms with Gasteiger partial charge in [0.15, 0.2) is 6.61 Å². The van der Waals surface area contributed by atoms with E-state index in [0.29, 0.717) is 27.2 Å². The van der Waals surface area contributed by atoms with Gasteiger partial charge in [0.05, 0.1) is 5.02 Å². The summed E-state index contributed by atoms with van der Waals surface area (Å²) in [5.74, 6) is -0.240. The first-order valence-corrected chi connectivity index (χ1v) is 10.8. The fourth-order valence-corrected chi connectivity index (χ4v) is 3.58. The topological polar surface area (TPSA) is 58.6 Å². The summed E-state index contributed by atoms with van der Waals surface area (Å²) in [5, 5.41) is 4.17. The quantitative estimate of drug-likeness (QED) is 0.536. The van der Waals surface area contributed by atoms with E-state index in [-0.39, 0.29) is 31.0 Å². The summed E-state index contributed by atoms with van der Waals surface area (Å²) < 4.78 is 5.61. The molecule has 0 aromatic heterocycles. The average molecular weight is 472 g/mol. The molecule has 30 heavy (non-hydrogen) atoms. The highest BCUT2D eigenvalue weighted by Gasteiger charge is 2.29. The Bertz CT molecular complexity index is 890. The first-order chi connectivity index (χ1) is 14.2. The SMILES string of the molecule is CCC(C(=O)NC(C)C)N(Cc1ccccc1Cl)C(=O)COc1ccc(Cl)cc1Cl. The Morgan fingerprint density at radius 2 is 1.77 bits per heavy atom. The molecule has 5 nitrogen and oxygen atoms in total. The second-order valence-electron chi connectivity index (χ2n) is 7.06. The van der Waals surface area contributed by atoms with Crippen molar-refractivity contribution in [1.82, 2.24) is 10.2 Å². The van der Waals surface area contributed by atoms with Crippen LogP contribution in [0, 0.1) is 0 Å². The zero-order valence-electron chi connectivity index (χ0n) is 17.1. The fourth-order valence-electron chi connectivity index (χ4n) is 2.93. The number of rotatable bonds is 9. The molecule has 2 aromatic carbocycles. The van der Waals surface area contributed by atoms with Gasteiger partial charge in [0, 0.05) is 22.6 Å². The summed E-state index contributed by atoms with van der Waals surface area (Å²) in [6, 6.07) is 11.3. The van der Waals surface area contributed by atoms with Crippen molar-refractivity contribution in [3.05, 3.63) is 63.1 Å². The van der Waals surface area contributed by atoms with Crippen molar-refractivity contribution in [2.45, 2.75) is 45.8 Å². The molecule has 0 spiro atoms. The number of carbonyl (C=O) groups excluding carboxylic acids is 2. The fraction of sp³-hybridized carbons (Fsp3) is 0.364. The highest BCUT2D eigenvalue weighted by Crippen LogP contribution is 2.28. The van der Waals surface area contributed by atoms with Crippen LogP contribution in [0.2, 0.25) is 15.1 Å². The molecule has 2 amide bonds. The van der Waals surface area contributed by atoms with Crippen LogP contribution < -0.4 is 10.1 Å². The molecule has 1 N–H and O–H groups in total. The van der Waals surface area contributed by atoms with Gasteiger partial charge < -0.3 is 15.0 Å². The van der Waals surface area contributed by atoms with E-state index in [1.807, 2.05) is 39.0 Å². The van der Waals surface area contributed by atoms with Crippen molar-refractivity contribution in [1.29, 1.82) is 0 Å². The molecule has 162 valence electrons. The largest absolute Gasteiger partial charge is 0.482 e. The zero-order chi connectivity index (χ0) is 22.3. The van der Waals surface area contributed by atoms with Crippen LogP contribution in [0.3, 0.4) is 0 Å². The molecular weight excluding hydrogens is 447 g/mol. The number of nitrogens with one attached hydrogen (secondary N) is 1. The smallest absolute Gasteiger partial charge is 0.261 e. The van der Waals surface area contributed by atoms with Gasteiger partial charge in [-0.25, -0.2) is 0 Å². The molecule has 1 atom stereocenters. The zero-order valence-corrected chi connectivity index (χ0v) is 19.4. The summed E-state index contributed by atoms with van der Waals surface area (Å²) in [4.78, 5) is 27.4. The van der Waals surface area contributed by atoms with Crippen molar-refractivity contribution in [3.63, 3.8) is 0 Å². The molecule has 2 rings (SSSR count). The maximum atomic E-state index is 13.1. The molecule has 1 unspecified atom stereocenters. The number of hydrogen-bond donors (Lipinski definition) is 1. The number of halogens is 3. The van der Waals surface area contributed by atoms with Crippen LogP contribution in [0.15, 0.2) is 42.5 Å². The lowest BCUT2D eigenvalue weighted by molar-refractivity contribution is -0.143. The van der Waals surface area contributed by atoms with Gasteiger partial charge in [0.25, 0.3) is 5.91 Å². The predicted molar refractivity (Wildman–Crippen MR) is 121 cm³/mol. The first kappa shape index (κ1) is 24.3. The summed E-state index contributed by atoms with van der Waals surface area (Å²) >= 11 is 18.3. The Kier molecular flexibility index (Phi) is 9.28. The van der Waals surface area contributed by atoms with Crippen LogP contribution in [0.5, 0.6) is 5.75 Å². The molecule has 0 aliphatic rings. The number of amides is 2. The van der Waals surface area contributed by atoms with Crippen LogP contribution in [0.1, 0.15) is 32.8 Å². The average Bonchev–Trinajstić information content (AvgIpc) is 2.67. The number of hydrogen-bond acceptors (Lipinski definition) is 3. The second kappa shape index (κ2) is 11.4. The maximum Gasteiger partial charge on any atom is 0.261 e. The lowest BCUT2D eigenvalue weighted by Crippen LogP contribution is -2.51. The van der Waals surface area contributed by atoms with Crippen LogP contribution in [-0.4, -0.2) is 35.4 Å². The molecule has 0 aliphatic heterocycles. The van der Waals surface area contributed by atoms with Gasteiger partial charge >= 0.3 is 0 Å². The van der Waals surface area contributed by atoms with Crippen molar-refractivity contribution >= 4 is 46.6 Å². The van der Waals surface area contributed by atoms with E-state index in [9.17, 15) is 9.59 Å². The van der Waals surface area contributed by atoms with E-state index in [2.05, 4.69) is 5.32 Å². The Hall–Kier alpha value is -1.95. The minimum atomic E-state index is -0.666. The number of benzene rings is 2. The molecule has 8 heteroatoms. The Labute approximate surface area is 192 Å². The van der Waals surface area contributed by atoms with E-state index in [4.69, 9.17) is 39.5 Å². The van der Waals surface area contributed by atoms with Crippen LogP contribution >= 0.6 is 34.8 Å². The first-order valence-electron chi connectivity index (χ1n) is 9.64. The van der Waals surface area contributed by atoms with Gasteiger partial charge in [-0.15, -0.1) is 0 Å². The Morgan fingerprint density at radius 3 is 2.37 bits per heavy atom. The van der Waals surface area contributed by atoms with Gasteiger partial charge in [-0.05, 0) is 50.1 Å². The Balaban J connectivity index is 2.25. The van der Waals surface area contributed by atoms with Crippen molar-refractivity contribution < 1.29 is 14.3 Å². The normalized spacial score (nSPS) is 11.8. The van der Waals surface area contributed by atoms with Crippen LogP contribution in [-0.2, 0) is 16.1 Å². The van der Waals surface area contributed by atoms with Gasteiger partial charge in [0.2, 0.25) is 5.91 Å². The molecule has 0 heterocycles. The molecular formula is C22H25Cl3N2O3. The minimum absolute atomic E-state index is 0.0482. The van der Waals surface area contributed by atoms with Gasteiger partial charge in [-0.1, -0.05) is 59.9 Å². The van der Waals surface area contributed by atoms with E-state index < -0.39 is 6.04 Å². The van der Waals surface area contributed by atoms with Crippen LogP contribution in [0.25, 0.3) is 0 Å². The molecule has 0 bridgehead atoms. The molecule has 0 radical (unpaired) electrons. The van der Waals surface area contributed by atoms with Crippen molar-refractivity contribution in [3.8, 4) is 5.75 Å². The van der Waals surface area contributed by atoms with E-state index in [1.165, 1.54) is 11.0 Å². The molecule has 2 aromatic rings. The molecule has 0 saturated carbocycles. The Morgan fingerprint density at radius 1 is 1.07 bits per heavy atom. The van der Waals surface area contributed by atoms with Crippen molar-refractivity contribution in [2.75, 3.05) is 6.61 Å². The molecule has 0 fully saturated rings. The lowest BCUT2D eigenvalue weighted by atomic mass is 10.1. The number of carbonyl (C=O) groups is 2. The van der Waals surface area contributed by atoms with Crippen molar-refractivity contribution in [2.24, 2.45) is 0 Å². The molecule has 0 aliphatic carbocycles. The summed E-state index contributed by atoms with van der Waals surface area (Å²) in [6.07, 6.45) is 0.441. The minimum Gasteiger partial charge on any atom is -0.482 e. The third-order valence-corrected chi connectivity index (χ3v) is 5.26. The lowest BCUT2D eigenvalue weighted by Gasteiger charge is -2.31. The van der Waals surface area contributed by atoms with E-state index in [0.717, 1.165) is 5.56 Å². The third kappa shape index (κ3) is 6.79. The maximum absolute atomic E-state index is 13.1. The monoisotopic (exact) mass is 470 g/mol. The standard InChI is InChI=1S/C22H25Cl3N2O3/c1-4-19(22(29)26-14(2)3)27(12-15-7-5-6-8-17(15)24)21(28)13-30-20-10-9-16(23)11-18(20)25/h5-11,14,19H,4,12-13H2,1-3H3,(H,26,29). The summed E-state index contributed by atoms with van der Waals surface area (Å²) in [5.41, 5.74) is 0.743.